The molecule has 0 unspecified atom stereocenters. The second-order valence-corrected chi connectivity index (χ2v) is 8.46. The fourth-order valence-corrected chi connectivity index (χ4v) is 4.59. The normalized spacial score (nSPS) is 13.2. The maximum atomic E-state index is 12.7. The number of benzene rings is 2. The van der Waals surface area contributed by atoms with Crippen LogP contribution in [0, 0.1) is 0 Å². The highest BCUT2D eigenvalue weighted by atomic mass is 32.1. The Kier molecular flexibility index (Phi) is 7.00. The molecule has 0 saturated heterocycles. The molecular weight excluding hydrogens is 442 g/mol. The van der Waals surface area contributed by atoms with Gasteiger partial charge in [-0.05, 0) is 47.9 Å². The molecule has 0 aliphatic carbocycles. The molecule has 0 spiro atoms. The zero-order valence-electron chi connectivity index (χ0n) is 19.1. The summed E-state index contributed by atoms with van der Waals surface area (Å²) in [6.45, 7) is 2.43. The van der Waals surface area contributed by atoms with Gasteiger partial charge in [-0.3, -0.25) is 15.0 Å². The monoisotopic (exact) mass is 469 g/mol. The minimum atomic E-state index is -0.246. The minimum absolute atomic E-state index is 0.246. The van der Waals surface area contributed by atoms with Gasteiger partial charge >= 0.3 is 0 Å². The molecule has 2 aromatic carbocycles. The molecule has 1 amide bonds. The lowest BCUT2D eigenvalue weighted by Gasteiger charge is -2.29. The summed E-state index contributed by atoms with van der Waals surface area (Å²) in [7, 11) is 6.41. The number of amides is 1. The van der Waals surface area contributed by atoms with Crippen LogP contribution in [0.15, 0.2) is 35.7 Å². The highest BCUT2D eigenvalue weighted by Gasteiger charge is 2.21. The molecule has 1 aliphatic rings. The van der Waals surface area contributed by atoms with Gasteiger partial charge in [-0.2, -0.15) is 0 Å². The van der Waals surface area contributed by atoms with E-state index in [9.17, 15) is 4.79 Å². The Morgan fingerprint density at radius 3 is 2.33 bits per heavy atom. The smallest absolute Gasteiger partial charge is 0.257 e. The first kappa shape index (κ1) is 22.9. The molecule has 1 N–H and O–H groups in total. The van der Waals surface area contributed by atoms with E-state index in [4.69, 9.17) is 18.9 Å². The molecule has 8 nitrogen and oxygen atoms in total. The van der Waals surface area contributed by atoms with Crippen molar-refractivity contribution in [3.8, 4) is 23.0 Å². The van der Waals surface area contributed by atoms with Gasteiger partial charge in [-0.15, -0.1) is 11.3 Å². The number of anilines is 1. The van der Waals surface area contributed by atoms with E-state index in [2.05, 4.69) is 27.3 Å². The van der Waals surface area contributed by atoms with E-state index >= 15 is 0 Å². The molecule has 0 saturated carbocycles. The zero-order chi connectivity index (χ0) is 23.4. The molecule has 0 radical (unpaired) electrons. The van der Waals surface area contributed by atoms with Gasteiger partial charge in [0.1, 0.15) is 0 Å². The van der Waals surface area contributed by atoms with Gasteiger partial charge in [0.05, 0.1) is 34.1 Å². The van der Waals surface area contributed by atoms with E-state index in [1.807, 2.05) is 5.38 Å². The first-order valence-corrected chi connectivity index (χ1v) is 11.4. The number of nitrogens with zero attached hydrogens (tertiary/aromatic N) is 2. The molecular formula is C24H27N3O5S. The summed E-state index contributed by atoms with van der Waals surface area (Å²) in [5.41, 5.74) is 3.91. The SMILES string of the molecule is COc1ccc(C(=O)Nc2nc(CN3CCc4cc(OC)c(OC)cc4C3)cs2)cc1OC. The summed E-state index contributed by atoms with van der Waals surface area (Å²) in [6.07, 6.45) is 0.933. The Morgan fingerprint density at radius 1 is 0.970 bits per heavy atom. The number of hydrogen-bond donors (Lipinski definition) is 1. The summed E-state index contributed by atoms with van der Waals surface area (Å²) in [4.78, 5) is 19.6. The maximum absolute atomic E-state index is 12.7. The van der Waals surface area contributed by atoms with Crippen LogP contribution in [-0.4, -0.2) is 50.8 Å². The Bertz CT molecular complexity index is 1150. The largest absolute Gasteiger partial charge is 0.493 e. The predicted octanol–water partition coefficient (Wildman–Crippen LogP) is 3.99. The van der Waals surface area contributed by atoms with E-state index in [-0.39, 0.29) is 5.91 Å². The lowest BCUT2D eigenvalue weighted by atomic mass is 9.98. The van der Waals surface area contributed by atoms with E-state index in [0.717, 1.165) is 36.7 Å². The molecule has 0 bridgehead atoms. The fraction of sp³-hybridized carbons (Fsp3) is 0.333. The number of rotatable bonds is 8. The van der Waals surface area contributed by atoms with E-state index in [0.29, 0.717) is 28.7 Å². The van der Waals surface area contributed by atoms with Crippen LogP contribution in [0.2, 0.25) is 0 Å². The Labute approximate surface area is 197 Å². The summed E-state index contributed by atoms with van der Waals surface area (Å²) in [6, 6.07) is 9.17. The second-order valence-electron chi connectivity index (χ2n) is 7.60. The minimum Gasteiger partial charge on any atom is -0.493 e. The average Bonchev–Trinajstić information content (AvgIpc) is 3.28. The van der Waals surface area contributed by atoms with Gasteiger partial charge in [-0.1, -0.05) is 0 Å². The van der Waals surface area contributed by atoms with E-state index in [1.165, 1.54) is 29.6 Å². The standard InChI is InChI=1S/C24H27N3O5S/c1-29-19-6-5-16(10-20(19)30-2)23(28)26-24-25-18(14-33-24)13-27-8-7-15-9-21(31-3)22(32-4)11-17(15)12-27/h5-6,9-11,14H,7-8,12-13H2,1-4H3,(H,25,26,28). The number of nitrogens with one attached hydrogen (secondary N) is 1. The quantitative estimate of drug-likeness (QED) is 0.534. The van der Waals surface area contributed by atoms with Gasteiger partial charge < -0.3 is 18.9 Å². The molecule has 3 aromatic rings. The number of carbonyl (C=O) groups excluding carboxylic acids is 1. The lowest BCUT2D eigenvalue weighted by Crippen LogP contribution is -2.30. The number of thiazole rings is 1. The first-order valence-electron chi connectivity index (χ1n) is 10.5. The molecule has 4 rings (SSSR count). The van der Waals surface area contributed by atoms with Crippen LogP contribution in [0.5, 0.6) is 23.0 Å². The van der Waals surface area contributed by atoms with Crippen molar-refractivity contribution in [1.29, 1.82) is 0 Å². The highest BCUT2D eigenvalue weighted by Crippen LogP contribution is 2.34. The summed E-state index contributed by atoms with van der Waals surface area (Å²) >= 11 is 1.41. The van der Waals surface area contributed by atoms with Crippen molar-refractivity contribution in [3.63, 3.8) is 0 Å². The van der Waals surface area contributed by atoms with Crippen molar-refractivity contribution in [2.24, 2.45) is 0 Å². The molecule has 2 heterocycles. The average molecular weight is 470 g/mol. The Morgan fingerprint density at radius 2 is 1.64 bits per heavy atom. The van der Waals surface area contributed by atoms with Gasteiger partial charge in [-0.25, -0.2) is 4.98 Å². The number of carbonyl (C=O) groups is 1. The summed E-state index contributed by atoms with van der Waals surface area (Å²) in [5, 5.41) is 5.42. The van der Waals surface area contributed by atoms with E-state index < -0.39 is 0 Å². The van der Waals surface area contributed by atoms with E-state index in [1.54, 1.807) is 39.5 Å². The molecule has 174 valence electrons. The molecule has 33 heavy (non-hydrogen) atoms. The molecule has 0 atom stereocenters. The van der Waals surface area contributed by atoms with Crippen molar-refractivity contribution in [1.82, 2.24) is 9.88 Å². The molecule has 1 aromatic heterocycles. The van der Waals surface area contributed by atoms with Gasteiger partial charge in [0.25, 0.3) is 5.91 Å². The van der Waals surface area contributed by atoms with Crippen LogP contribution in [0.4, 0.5) is 5.13 Å². The highest BCUT2D eigenvalue weighted by molar-refractivity contribution is 7.14. The second kappa shape index (κ2) is 10.1. The number of aromatic nitrogens is 1. The van der Waals surface area contributed by atoms with Gasteiger partial charge in [0.15, 0.2) is 28.1 Å². The first-order chi connectivity index (χ1) is 16.0. The zero-order valence-corrected chi connectivity index (χ0v) is 20.0. The Hall–Kier alpha value is -3.30. The third kappa shape index (κ3) is 5.04. The summed E-state index contributed by atoms with van der Waals surface area (Å²) < 4.78 is 21.4. The van der Waals surface area contributed by atoms with Crippen LogP contribution in [0.3, 0.4) is 0 Å². The predicted molar refractivity (Wildman–Crippen MR) is 127 cm³/mol. The van der Waals surface area contributed by atoms with Gasteiger partial charge in [0.2, 0.25) is 0 Å². The maximum Gasteiger partial charge on any atom is 0.257 e. The topological polar surface area (TPSA) is 82.2 Å². The fourth-order valence-electron chi connectivity index (χ4n) is 3.89. The lowest BCUT2D eigenvalue weighted by molar-refractivity contribution is 0.102. The molecule has 1 aliphatic heterocycles. The number of methoxy groups -OCH3 is 4. The third-order valence-corrected chi connectivity index (χ3v) is 6.41. The Balaban J connectivity index is 1.40. The number of ether oxygens (including phenoxy) is 4. The van der Waals surface area contributed by atoms with Crippen molar-refractivity contribution in [2.45, 2.75) is 19.5 Å². The third-order valence-electron chi connectivity index (χ3n) is 5.60. The van der Waals surface area contributed by atoms with Crippen molar-refractivity contribution < 1.29 is 23.7 Å². The molecule has 0 fully saturated rings. The van der Waals surface area contributed by atoms with Crippen LogP contribution in [-0.2, 0) is 19.5 Å². The van der Waals surface area contributed by atoms with Crippen LogP contribution < -0.4 is 24.3 Å². The summed E-state index contributed by atoms with van der Waals surface area (Å²) in [5.74, 6) is 2.34. The van der Waals surface area contributed by atoms with Crippen LogP contribution in [0.1, 0.15) is 27.2 Å². The van der Waals surface area contributed by atoms with Crippen LogP contribution >= 0.6 is 11.3 Å². The van der Waals surface area contributed by atoms with Crippen LogP contribution in [0.25, 0.3) is 0 Å². The van der Waals surface area contributed by atoms with Crippen molar-refractivity contribution in [3.05, 3.63) is 58.1 Å². The number of fused-ring (bicyclic) bond motifs is 1. The molecule has 9 heteroatoms. The van der Waals surface area contributed by atoms with Crippen molar-refractivity contribution in [2.75, 3.05) is 40.3 Å². The van der Waals surface area contributed by atoms with Crippen molar-refractivity contribution >= 4 is 22.4 Å². The van der Waals surface area contributed by atoms with Gasteiger partial charge in [0, 0.05) is 30.6 Å². The number of hydrogen-bond acceptors (Lipinski definition) is 8.